The van der Waals surface area contributed by atoms with E-state index in [1.54, 1.807) is 29.8 Å². The maximum atomic E-state index is 5.04. The van der Waals surface area contributed by atoms with Crippen LogP contribution in [-0.2, 0) is 17.8 Å². The van der Waals surface area contributed by atoms with Crippen LogP contribution in [0.25, 0.3) is 9.88 Å². The average Bonchev–Trinajstić information content (AvgIpc) is 3.22. The van der Waals surface area contributed by atoms with Gasteiger partial charge in [0.2, 0.25) is 0 Å². The Hall–Kier alpha value is -1.70. The van der Waals surface area contributed by atoms with Gasteiger partial charge < -0.3 is 10.1 Å². The first-order valence-corrected chi connectivity index (χ1v) is 8.28. The Morgan fingerprint density at radius 2 is 2.33 bits per heavy atom. The molecule has 3 aromatic rings. The molecule has 0 fully saturated rings. The van der Waals surface area contributed by atoms with Crippen molar-refractivity contribution in [1.29, 1.82) is 0 Å². The van der Waals surface area contributed by atoms with Crippen molar-refractivity contribution in [2.75, 3.05) is 19.0 Å². The predicted octanol–water partition coefficient (Wildman–Crippen LogP) is 3.33. The number of nitrogens with one attached hydrogen (secondary N) is 1. The highest BCUT2D eigenvalue weighted by Gasteiger charge is 2.06. The molecule has 21 heavy (non-hydrogen) atoms. The summed E-state index contributed by atoms with van der Waals surface area (Å²) >= 11 is 3.44. The topological polar surface area (TPSA) is 52.0 Å². The Labute approximate surface area is 131 Å². The Balaban J connectivity index is 1.56. The molecule has 0 unspecified atom stereocenters. The summed E-state index contributed by atoms with van der Waals surface area (Å²) in [7, 11) is 1.69. The molecule has 0 spiro atoms. The van der Waals surface area contributed by atoms with Crippen molar-refractivity contribution in [3.63, 3.8) is 0 Å². The molecule has 0 radical (unpaired) electrons. The maximum Gasteiger partial charge on any atom is 0.133 e. The van der Waals surface area contributed by atoms with Gasteiger partial charge in [0.25, 0.3) is 0 Å². The standard InChI is InChI=1S/C14H16N4OS2/c1-19-5-4-18-10-11(7-17-18)15-8-12-9-16-14(21-12)13-3-2-6-20-13/h2-3,6-7,9-10,15H,4-5,8H2,1H3. The van der Waals surface area contributed by atoms with Crippen LogP contribution in [0.1, 0.15) is 4.88 Å². The Bertz CT molecular complexity index is 675. The first kappa shape index (κ1) is 14.2. The lowest BCUT2D eigenvalue weighted by Crippen LogP contribution is -2.04. The van der Waals surface area contributed by atoms with Gasteiger partial charge in [-0.15, -0.1) is 22.7 Å². The van der Waals surface area contributed by atoms with Gasteiger partial charge in [0.15, 0.2) is 0 Å². The van der Waals surface area contributed by atoms with Gasteiger partial charge in [-0.05, 0) is 11.4 Å². The van der Waals surface area contributed by atoms with Crippen LogP contribution < -0.4 is 5.32 Å². The lowest BCUT2D eigenvalue weighted by Gasteiger charge is -2.00. The molecule has 110 valence electrons. The van der Waals surface area contributed by atoms with Crippen molar-refractivity contribution in [2.24, 2.45) is 0 Å². The lowest BCUT2D eigenvalue weighted by atomic mass is 10.5. The molecule has 3 aromatic heterocycles. The van der Waals surface area contributed by atoms with Crippen LogP contribution >= 0.6 is 22.7 Å². The third-order valence-electron chi connectivity index (χ3n) is 2.91. The smallest absolute Gasteiger partial charge is 0.133 e. The van der Waals surface area contributed by atoms with Crippen LogP contribution in [0.3, 0.4) is 0 Å². The van der Waals surface area contributed by atoms with Crippen LogP contribution in [0.5, 0.6) is 0 Å². The molecule has 0 amide bonds. The summed E-state index contributed by atoms with van der Waals surface area (Å²) in [5.74, 6) is 0. The first-order chi connectivity index (χ1) is 10.3. The van der Waals surface area contributed by atoms with Crippen LogP contribution in [0.4, 0.5) is 5.69 Å². The second-order valence-corrected chi connectivity index (χ2v) is 6.51. The molecule has 0 aliphatic rings. The second-order valence-electron chi connectivity index (χ2n) is 4.45. The molecule has 3 heterocycles. The monoisotopic (exact) mass is 320 g/mol. The zero-order valence-electron chi connectivity index (χ0n) is 11.7. The number of aromatic nitrogens is 3. The van der Waals surface area contributed by atoms with E-state index in [-0.39, 0.29) is 0 Å². The quantitative estimate of drug-likeness (QED) is 0.725. The molecule has 3 rings (SSSR count). The van der Waals surface area contributed by atoms with E-state index in [2.05, 4.69) is 26.8 Å². The number of nitrogens with zero attached hydrogens (tertiary/aromatic N) is 3. The Morgan fingerprint density at radius 3 is 3.14 bits per heavy atom. The highest BCUT2D eigenvalue weighted by molar-refractivity contribution is 7.20. The van der Waals surface area contributed by atoms with Crippen LogP contribution in [0, 0.1) is 0 Å². The number of rotatable bonds is 7. The molecular weight excluding hydrogens is 304 g/mol. The molecule has 0 aliphatic carbocycles. The average molecular weight is 320 g/mol. The number of ether oxygens (including phenoxy) is 1. The largest absolute Gasteiger partial charge is 0.383 e. The van der Waals surface area contributed by atoms with E-state index in [4.69, 9.17) is 4.74 Å². The number of hydrogen-bond donors (Lipinski definition) is 1. The van der Waals surface area contributed by atoms with Crippen molar-refractivity contribution >= 4 is 28.4 Å². The van der Waals surface area contributed by atoms with Crippen molar-refractivity contribution in [3.8, 4) is 9.88 Å². The van der Waals surface area contributed by atoms with Crippen molar-refractivity contribution in [2.45, 2.75) is 13.1 Å². The van der Waals surface area contributed by atoms with E-state index in [1.165, 1.54) is 9.75 Å². The van der Waals surface area contributed by atoms with Gasteiger partial charge in [0.05, 0.1) is 36.5 Å². The summed E-state index contributed by atoms with van der Waals surface area (Å²) in [5.41, 5.74) is 1.01. The van der Waals surface area contributed by atoms with Gasteiger partial charge in [-0.3, -0.25) is 4.68 Å². The summed E-state index contributed by atoms with van der Waals surface area (Å²) < 4.78 is 6.91. The molecule has 1 N–H and O–H groups in total. The lowest BCUT2D eigenvalue weighted by molar-refractivity contribution is 0.183. The van der Waals surface area contributed by atoms with E-state index in [0.29, 0.717) is 6.61 Å². The van der Waals surface area contributed by atoms with Gasteiger partial charge in [-0.1, -0.05) is 6.07 Å². The van der Waals surface area contributed by atoms with Crippen molar-refractivity contribution < 1.29 is 4.74 Å². The highest BCUT2D eigenvalue weighted by Crippen LogP contribution is 2.29. The fourth-order valence-corrected chi connectivity index (χ4v) is 3.51. The zero-order valence-corrected chi connectivity index (χ0v) is 13.3. The maximum absolute atomic E-state index is 5.04. The van der Waals surface area contributed by atoms with E-state index >= 15 is 0 Å². The number of hydrogen-bond acceptors (Lipinski definition) is 6. The molecule has 5 nitrogen and oxygen atoms in total. The minimum atomic E-state index is 0.667. The second kappa shape index (κ2) is 6.84. The first-order valence-electron chi connectivity index (χ1n) is 6.59. The number of thiophene rings is 1. The van der Waals surface area contributed by atoms with Crippen LogP contribution in [0.2, 0.25) is 0 Å². The van der Waals surface area contributed by atoms with Gasteiger partial charge in [-0.25, -0.2) is 4.98 Å². The Morgan fingerprint density at radius 1 is 1.38 bits per heavy atom. The van der Waals surface area contributed by atoms with Crippen molar-refractivity contribution in [3.05, 3.63) is 41.0 Å². The minimum Gasteiger partial charge on any atom is -0.383 e. The van der Waals surface area contributed by atoms with Crippen LogP contribution in [0.15, 0.2) is 36.1 Å². The highest BCUT2D eigenvalue weighted by atomic mass is 32.1. The fourth-order valence-electron chi connectivity index (χ4n) is 1.85. The van der Waals surface area contributed by atoms with E-state index < -0.39 is 0 Å². The van der Waals surface area contributed by atoms with Crippen LogP contribution in [-0.4, -0.2) is 28.5 Å². The van der Waals surface area contributed by atoms with Gasteiger partial charge in [0, 0.05) is 24.4 Å². The summed E-state index contributed by atoms with van der Waals surface area (Å²) in [6, 6.07) is 4.15. The minimum absolute atomic E-state index is 0.667. The number of thiazole rings is 1. The third-order valence-corrected chi connectivity index (χ3v) is 4.95. The van der Waals surface area contributed by atoms with E-state index in [0.717, 1.165) is 23.8 Å². The molecule has 0 aliphatic heterocycles. The number of anilines is 1. The molecular formula is C14H16N4OS2. The molecule has 7 heteroatoms. The third kappa shape index (κ3) is 3.69. The molecule has 0 saturated carbocycles. The zero-order chi connectivity index (χ0) is 14.5. The summed E-state index contributed by atoms with van der Waals surface area (Å²) in [6.45, 7) is 2.19. The summed E-state index contributed by atoms with van der Waals surface area (Å²) in [6.07, 6.45) is 5.75. The van der Waals surface area contributed by atoms with Gasteiger partial charge in [0.1, 0.15) is 5.01 Å². The fraction of sp³-hybridized carbons (Fsp3) is 0.286. The molecule has 0 saturated heterocycles. The van der Waals surface area contributed by atoms with E-state index in [9.17, 15) is 0 Å². The molecule has 0 aromatic carbocycles. The summed E-state index contributed by atoms with van der Waals surface area (Å²) in [5, 5.41) is 10.8. The normalized spacial score (nSPS) is 10.9. The van der Waals surface area contributed by atoms with Crippen molar-refractivity contribution in [1.82, 2.24) is 14.8 Å². The predicted molar refractivity (Wildman–Crippen MR) is 86.9 cm³/mol. The number of methoxy groups -OCH3 is 1. The SMILES string of the molecule is COCCn1cc(NCc2cnc(-c3cccs3)s2)cn1. The summed E-state index contributed by atoms with van der Waals surface area (Å²) in [4.78, 5) is 6.90. The Kier molecular flexibility index (Phi) is 4.64. The molecule has 0 atom stereocenters. The van der Waals surface area contributed by atoms with E-state index in [1.807, 2.05) is 29.3 Å². The molecule has 0 bridgehead atoms. The van der Waals surface area contributed by atoms with Gasteiger partial charge in [-0.2, -0.15) is 5.10 Å². The van der Waals surface area contributed by atoms with Gasteiger partial charge >= 0.3 is 0 Å².